The Hall–Kier alpha value is -2.50. The van der Waals surface area contributed by atoms with Crippen LogP contribution < -0.4 is 20.3 Å². The van der Waals surface area contributed by atoms with Gasteiger partial charge in [-0.2, -0.15) is 13.2 Å². The van der Waals surface area contributed by atoms with Gasteiger partial charge < -0.3 is 20.3 Å². The number of carbonyl (C=O) groups excluding carboxylic acids is 1. The van der Waals surface area contributed by atoms with Gasteiger partial charge in [-0.05, 0) is 36.2 Å². The Bertz CT molecular complexity index is 921. The number of rotatable bonds is 6. The lowest BCUT2D eigenvalue weighted by Crippen LogP contribution is -2.42. The van der Waals surface area contributed by atoms with E-state index in [9.17, 15) is 18.0 Å². The van der Waals surface area contributed by atoms with Gasteiger partial charge in [0.15, 0.2) is 12.6 Å². The van der Waals surface area contributed by atoms with Crippen molar-refractivity contribution in [3.8, 4) is 5.75 Å². The van der Waals surface area contributed by atoms with Gasteiger partial charge in [0.25, 0.3) is 5.91 Å². The minimum absolute atomic E-state index is 0. The molecule has 0 aliphatic carbocycles. The van der Waals surface area contributed by atoms with Gasteiger partial charge in [0.2, 0.25) is 0 Å². The van der Waals surface area contributed by atoms with E-state index >= 15 is 0 Å². The third-order valence-electron chi connectivity index (χ3n) is 4.60. The lowest BCUT2D eigenvalue weighted by molar-refractivity contribution is -0.137. The standard InChI is InChI=1S/C21H23F3N4O2.HI/c1-25-20(27-13-15-6-4-7-16(12-15)21(22,23)24)26-10-5-11-28-17-8-2-3-9-18(17)30-14-19(28)29;/h2-4,6-9,12H,5,10-11,13-14H2,1H3,(H2,25,26,27);1H. The molecule has 0 atom stereocenters. The molecular formula is C21H24F3IN4O2. The first-order chi connectivity index (χ1) is 14.4. The van der Waals surface area contributed by atoms with Gasteiger partial charge in [-0.1, -0.05) is 24.3 Å². The van der Waals surface area contributed by atoms with E-state index < -0.39 is 11.7 Å². The van der Waals surface area contributed by atoms with Crippen LogP contribution in [0.4, 0.5) is 18.9 Å². The van der Waals surface area contributed by atoms with E-state index in [-0.39, 0.29) is 43.0 Å². The number of hydrogen-bond acceptors (Lipinski definition) is 3. The Morgan fingerprint density at radius 1 is 1.16 bits per heavy atom. The summed E-state index contributed by atoms with van der Waals surface area (Å²) >= 11 is 0. The van der Waals surface area contributed by atoms with Crippen LogP contribution in [0.1, 0.15) is 17.5 Å². The molecule has 0 bridgehead atoms. The maximum Gasteiger partial charge on any atom is 0.416 e. The van der Waals surface area contributed by atoms with Crippen molar-refractivity contribution in [1.82, 2.24) is 10.6 Å². The van der Waals surface area contributed by atoms with E-state index in [1.54, 1.807) is 18.0 Å². The zero-order valence-corrected chi connectivity index (χ0v) is 19.2. The van der Waals surface area contributed by atoms with E-state index in [4.69, 9.17) is 4.74 Å². The highest BCUT2D eigenvalue weighted by molar-refractivity contribution is 14.0. The van der Waals surface area contributed by atoms with Crippen LogP contribution in [-0.2, 0) is 17.5 Å². The van der Waals surface area contributed by atoms with Crippen LogP contribution in [0.5, 0.6) is 5.75 Å². The van der Waals surface area contributed by atoms with Crippen LogP contribution >= 0.6 is 24.0 Å². The van der Waals surface area contributed by atoms with E-state index in [0.29, 0.717) is 36.8 Å². The van der Waals surface area contributed by atoms with Gasteiger partial charge >= 0.3 is 6.18 Å². The fraction of sp³-hybridized carbons (Fsp3) is 0.333. The summed E-state index contributed by atoms with van der Waals surface area (Å²) in [5.74, 6) is 1.06. The lowest BCUT2D eigenvalue weighted by atomic mass is 10.1. The highest BCUT2D eigenvalue weighted by atomic mass is 127. The van der Waals surface area contributed by atoms with Gasteiger partial charge in [-0.3, -0.25) is 9.79 Å². The highest BCUT2D eigenvalue weighted by Gasteiger charge is 2.30. The van der Waals surface area contributed by atoms with Crippen molar-refractivity contribution in [3.05, 3.63) is 59.7 Å². The van der Waals surface area contributed by atoms with Gasteiger partial charge in [-0.25, -0.2) is 0 Å². The molecule has 0 aromatic heterocycles. The van der Waals surface area contributed by atoms with E-state index in [2.05, 4.69) is 15.6 Å². The van der Waals surface area contributed by atoms with Crippen molar-refractivity contribution >= 4 is 41.5 Å². The second-order valence-electron chi connectivity index (χ2n) is 6.71. The normalized spacial score (nSPS) is 13.7. The summed E-state index contributed by atoms with van der Waals surface area (Å²) in [6.07, 6.45) is -3.71. The minimum Gasteiger partial charge on any atom is -0.482 e. The number of aliphatic imine (C=N–C) groups is 1. The summed E-state index contributed by atoms with van der Waals surface area (Å²) in [6.45, 7) is 1.27. The Labute approximate surface area is 195 Å². The van der Waals surface area contributed by atoms with Crippen LogP contribution in [0.15, 0.2) is 53.5 Å². The molecule has 1 aliphatic rings. The first-order valence-corrected chi connectivity index (χ1v) is 9.51. The molecule has 1 amide bonds. The fourth-order valence-corrected chi connectivity index (χ4v) is 3.11. The van der Waals surface area contributed by atoms with E-state index in [0.717, 1.165) is 17.8 Å². The molecule has 10 heteroatoms. The summed E-state index contributed by atoms with van der Waals surface area (Å²) in [7, 11) is 1.59. The third-order valence-corrected chi connectivity index (χ3v) is 4.60. The average molecular weight is 548 g/mol. The molecule has 2 aromatic carbocycles. The van der Waals surface area contributed by atoms with Crippen LogP contribution in [0.3, 0.4) is 0 Å². The van der Waals surface area contributed by atoms with E-state index in [1.165, 1.54) is 6.07 Å². The number of benzene rings is 2. The zero-order chi connectivity index (χ0) is 21.6. The topological polar surface area (TPSA) is 66.0 Å². The van der Waals surface area contributed by atoms with Crippen molar-refractivity contribution in [2.75, 3.05) is 31.6 Å². The molecule has 3 rings (SSSR count). The molecule has 0 spiro atoms. The number of nitrogens with one attached hydrogen (secondary N) is 2. The number of halogens is 4. The number of amides is 1. The smallest absolute Gasteiger partial charge is 0.416 e. The molecular weight excluding hydrogens is 524 g/mol. The van der Waals surface area contributed by atoms with Crippen molar-refractivity contribution < 1.29 is 22.7 Å². The number of alkyl halides is 3. The van der Waals surface area contributed by atoms with Crippen molar-refractivity contribution in [2.24, 2.45) is 4.99 Å². The minimum atomic E-state index is -4.37. The number of para-hydroxylation sites is 2. The zero-order valence-electron chi connectivity index (χ0n) is 16.9. The molecule has 2 N–H and O–H groups in total. The molecule has 0 fully saturated rings. The molecule has 2 aromatic rings. The van der Waals surface area contributed by atoms with E-state index in [1.807, 2.05) is 24.3 Å². The van der Waals surface area contributed by atoms with Crippen molar-refractivity contribution in [3.63, 3.8) is 0 Å². The summed E-state index contributed by atoms with van der Waals surface area (Å²) in [4.78, 5) is 17.9. The summed E-state index contributed by atoms with van der Waals surface area (Å²) in [5, 5.41) is 6.11. The Morgan fingerprint density at radius 3 is 2.68 bits per heavy atom. The summed E-state index contributed by atoms with van der Waals surface area (Å²) < 4.78 is 43.9. The van der Waals surface area contributed by atoms with Gasteiger partial charge in [0.1, 0.15) is 5.75 Å². The molecule has 31 heavy (non-hydrogen) atoms. The Morgan fingerprint density at radius 2 is 1.94 bits per heavy atom. The molecule has 0 saturated heterocycles. The predicted molar refractivity (Wildman–Crippen MR) is 124 cm³/mol. The highest BCUT2D eigenvalue weighted by Crippen LogP contribution is 2.31. The molecule has 0 unspecified atom stereocenters. The molecule has 6 nitrogen and oxygen atoms in total. The second kappa shape index (κ2) is 11.2. The molecule has 1 aliphatic heterocycles. The summed E-state index contributed by atoms with van der Waals surface area (Å²) in [6, 6.07) is 12.5. The number of hydrogen-bond donors (Lipinski definition) is 2. The Balaban J connectivity index is 0.00000341. The first-order valence-electron chi connectivity index (χ1n) is 9.51. The average Bonchev–Trinajstić information content (AvgIpc) is 2.74. The number of carbonyl (C=O) groups is 1. The lowest BCUT2D eigenvalue weighted by Gasteiger charge is -2.29. The second-order valence-corrected chi connectivity index (χ2v) is 6.71. The molecule has 0 saturated carbocycles. The number of anilines is 1. The number of nitrogens with zero attached hydrogens (tertiary/aromatic N) is 2. The maximum atomic E-state index is 12.8. The molecule has 168 valence electrons. The SMILES string of the molecule is CN=C(NCCCN1C(=O)COc2ccccc21)NCc1cccc(C(F)(F)F)c1.I. The van der Waals surface area contributed by atoms with Crippen LogP contribution in [0.2, 0.25) is 0 Å². The van der Waals surface area contributed by atoms with Gasteiger partial charge in [-0.15, -0.1) is 24.0 Å². The molecule has 1 heterocycles. The first kappa shape index (κ1) is 24.8. The van der Waals surface area contributed by atoms with Crippen molar-refractivity contribution in [1.29, 1.82) is 0 Å². The maximum absolute atomic E-state index is 12.8. The largest absolute Gasteiger partial charge is 0.482 e. The monoisotopic (exact) mass is 548 g/mol. The third kappa shape index (κ3) is 6.74. The van der Waals surface area contributed by atoms with Crippen molar-refractivity contribution in [2.45, 2.75) is 19.1 Å². The number of ether oxygens (including phenoxy) is 1. The summed E-state index contributed by atoms with van der Waals surface area (Å²) in [5.41, 5.74) is 0.573. The van der Waals surface area contributed by atoms with Crippen LogP contribution in [0, 0.1) is 0 Å². The quantitative estimate of drug-likeness (QED) is 0.250. The van der Waals surface area contributed by atoms with Crippen LogP contribution in [-0.4, -0.2) is 38.6 Å². The van der Waals surface area contributed by atoms with Gasteiger partial charge in [0.05, 0.1) is 11.3 Å². The fourth-order valence-electron chi connectivity index (χ4n) is 3.11. The Kier molecular flexibility index (Phi) is 8.96. The number of fused-ring (bicyclic) bond motifs is 1. The number of guanidine groups is 1. The van der Waals surface area contributed by atoms with Crippen LogP contribution in [0.25, 0.3) is 0 Å². The van der Waals surface area contributed by atoms with Gasteiger partial charge in [0, 0.05) is 26.7 Å². The predicted octanol–water partition coefficient (Wildman–Crippen LogP) is 3.80. The molecule has 0 radical (unpaired) electrons.